The molecule has 0 aliphatic carbocycles. The van der Waals surface area contributed by atoms with Crippen LogP contribution in [0.2, 0.25) is 0 Å². The number of amides is 1. The molecule has 0 fully saturated rings. The summed E-state index contributed by atoms with van der Waals surface area (Å²) in [6, 6.07) is -0.654. The molecule has 0 aromatic heterocycles. The maximum absolute atomic E-state index is 12.3. The molecule has 4 nitrogen and oxygen atoms in total. The highest BCUT2D eigenvalue weighted by atomic mass is 16.3. The zero-order valence-electron chi connectivity index (χ0n) is 35.3. The molecule has 1 amide bonds. The number of aliphatic hydroxyl groups is 2. The summed E-state index contributed by atoms with van der Waals surface area (Å²) in [4.78, 5) is 12.3. The van der Waals surface area contributed by atoms with E-state index in [0.717, 1.165) is 57.8 Å². The van der Waals surface area contributed by atoms with Crippen LogP contribution in [0.1, 0.15) is 226 Å². The summed E-state index contributed by atoms with van der Waals surface area (Å²) in [7, 11) is 0. The van der Waals surface area contributed by atoms with Crippen molar-refractivity contribution in [1.29, 1.82) is 0 Å². The lowest BCUT2D eigenvalue weighted by Crippen LogP contribution is -2.45. The van der Waals surface area contributed by atoms with Gasteiger partial charge in [0.1, 0.15) is 0 Å². The van der Waals surface area contributed by atoms with Gasteiger partial charge in [-0.1, -0.05) is 209 Å². The fraction of sp³-hybridized carbons (Fsp3) is 0.776. The zero-order valence-corrected chi connectivity index (χ0v) is 35.3. The summed E-state index contributed by atoms with van der Waals surface area (Å²) in [6.07, 6.45) is 62.0. The van der Waals surface area contributed by atoms with Crippen LogP contribution >= 0.6 is 0 Å². The zero-order chi connectivity index (χ0) is 38.6. The topological polar surface area (TPSA) is 69.6 Å². The summed E-state index contributed by atoms with van der Waals surface area (Å²) in [5, 5.41) is 23.0. The first-order valence-electron chi connectivity index (χ1n) is 23.0. The SMILES string of the molecule is CCCC/C=C\C/C=C\CCCCCCCC(=O)NC(CO)C(O)/C=C/CC/C=C/CC/C=C/CCCCCCCCCCCCCCCCCCC. The van der Waals surface area contributed by atoms with Crippen molar-refractivity contribution in [3.8, 4) is 0 Å². The second kappa shape index (κ2) is 44.5. The maximum atomic E-state index is 12.3. The largest absolute Gasteiger partial charge is 0.394 e. The van der Waals surface area contributed by atoms with Crippen molar-refractivity contribution in [1.82, 2.24) is 5.32 Å². The fourth-order valence-electron chi connectivity index (χ4n) is 6.64. The van der Waals surface area contributed by atoms with Gasteiger partial charge in [-0.3, -0.25) is 4.79 Å². The number of aliphatic hydroxyl groups excluding tert-OH is 2. The number of allylic oxidation sites excluding steroid dienone is 9. The second-order valence-corrected chi connectivity index (χ2v) is 15.4. The molecule has 0 heterocycles. The van der Waals surface area contributed by atoms with Crippen LogP contribution in [0, 0.1) is 0 Å². The number of hydrogen-bond acceptors (Lipinski definition) is 3. The van der Waals surface area contributed by atoms with Crippen LogP contribution in [0.25, 0.3) is 0 Å². The molecule has 0 aromatic rings. The third-order valence-electron chi connectivity index (χ3n) is 10.2. The number of nitrogens with one attached hydrogen (secondary N) is 1. The van der Waals surface area contributed by atoms with Gasteiger partial charge in [0.2, 0.25) is 5.91 Å². The van der Waals surface area contributed by atoms with Gasteiger partial charge in [-0.15, -0.1) is 0 Å². The van der Waals surface area contributed by atoms with E-state index >= 15 is 0 Å². The van der Waals surface area contributed by atoms with E-state index in [9.17, 15) is 15.0 Å². The molecule has 0 radical (unpaired) electrons. The predicted molar refractivity (Wildman–Crippen MR) is 234 cm³/mol. The minimum atomic E-state index is -0.878. The molecular formula is C49H89NO3. The predicted octanol–water partition coefficient (Wildman–Crippen LogP) is 14.5. The average molecular weight is 740 g/mol. The molecule has 0 bridgehead atoms. The number of hydrogen-bond donors (Lipinski definition) is 3. The molecule has 3 N–H and O–H groups in total. The van der Waals surface area contributed by atoms with E-state index in [4.69, 9.17) is 0 Å². The summed E-state index contributed by atoms with van der Waals surface area (Å²) in [6.45, 7) is 4.25. The lowest BCUT2D eigenvalue weighted by molar-refractivity contribution is -0.123. The molecule has 4 heteroatoms. The van der Waals surface area contributed by atoms with E-state index in [2.05, 4.69) is 67.8 Å². The van der Waals surface area contributed by atoms with Crippen LogP contribution in [-0.2, 0) is 4.79 Å². The van der Waals surface area contributed by atoms with Gasteiger partial charge in [0, 0.05) is 6.42 Å². The molecule has 0 rings (SSSR count). The standard InChI is InChI=1S/C49H89NO3/c1-3-5-7-9-11-13-15-17-19-20-21-22-23-24-25-26-27-28-29-30-31-32-34-36-38-40-42-44-48(52)47(46-51)50-49(53)45-43-41-39-37-35-33-18-16-14-12-10-8-6-4-2/h10,12,16,18,29-30,34,36,42,44,47-48,51-52H,3-9,11,13-15,17,19-28,31-33,35,37-41,43,45-46H2,1-2H3,(H,50,53)/b12-10-,18-16-,30-29+,36-34+,44-42+. The van der Waals surface area contributed by atoms with Crippen molar-refractivity contribution >= 4 is 5.91 Å². The molecule has 0 saturated heterocycles. The molecule has 0 aliphatic rings. The summed E-state index contributed by atoms with van der Waals surface area (Å²) in [5.41, 5.74) is 0. The third kappa shape index (κ3) is 41.1. The van der Waals surface area contributed by atoms with Gasteiger partial charge in [0.15, 0.2) is 0 Å². The van der Waals surface area contributed by atoms with Crippen LogP contribution in [0.15, 0.2) is 60.8 Å². The molecule has 0 spiro atoms. The second-order valence-electron chi connectivity index (χ2n) is 15.4. The Bertz CT molecular complexity index is 888. The number of carbonyl (C=O) groups excluding carboxylic acids is 1. The van der Waals surface area contributed by atoms with Crippen molar-refractivity contribution < 1.29 is 15.0 Å². The van der Waals surface area contributed by atoms with Gasteiger partial charge >= 0.3 is 0 Å². The van der Waals surface area contributed by atoms with Crippen molar-refractivity contribution in [2.24, 2.45) is 0 Å². The minimum Gasteiger partial charge on any atom is -0.394 e. The van der Waals surface area contributed by atoms with E-state index in [1.165, 1.54) is 148 Å². The lowest BCUT2D eigenvalue weighted by Gasteiger charge is -2.19. The van der Waals surface area contributed by atoms with Gasteiger partial charge in [-0.25, -0.2) is 0 Å². The lowest BCUT2D eigenvalue weighted by atomic mass is 10.0. The normalized spacial score (nSPS) is 13.5. The first kappa shape index (κ1) is 51.1. The van der Waals surface area contributed by atoms with Gasteiger partial charge in [-0.2, -0.15) is 0 Å². The van der Waals surface area contributed by atoms with Crippen molar-refractivity contribution in [2.45, 2.75) is 238 Å². The van der Waals surface area contributed by atoms with Crippen LogP contribution in [0.3, 0.4) is 0 Å². The first-order chi connectivity index (χ1) is 26.2. The molecular weight excluding hydrogens is 651 g/mol. The van der Waals surface area contributed by atoms with Gasteiger partial charge in [-0.05, 0) is 70.6 Å². The monoisotopic (exact) mass is 740 g/mol. The Morgan fingerprint density at radius 1 is 0.453 bits per heavy atom. The van der Waals surface area contributed by atoms with Crippen LogP contribution in [0.4, 0.5) is 0 Å². The van der Waals surface area contributed by atoms with E-state index < -0.39 is 12.1 Å². The number of unbranched alkanes of at least 4 members (excludes halogenated alkanes) is 26. The summed E-state index contributed by atoms with van der Waals surface area (Å²) in [5.74, 6) is -0.0939. The van der Waals surface area contributed by atoms with E-state index in [-0.39, 0.29) is 12.5 Å². The Kier molecular flexibility index (Phi) is 42.9. The van der Waals surface area contributed by atoms with Crippen molar-refractivity contribution in [2.75, 3.05) is 6.61 Å². The van der Waals surface area contributed by atoms with Crippen molar-refractivity contribution in [3.05, 3.63) is 60.8 Å². The summed E-state index contributed by atoms with van der Waals surface area (Å²) >= 11 is 0. The highest BCUT2D eigenvalue weighted by Crippen LogP contribution is 2.15. The van der Waals surface area contributed by atoms with E-state index in [1.54, 1.807) is 6.08 Å². The Hall–Kier alpha value is -1.91. The Morgan fingerprint density at radius 2 is 0.811 bits per heavy atom. The minimum absolute atomic E-state index is 0.0939. The summed E-state index contributed by atoms with van der Waals surface area (Å²) < 4.78 is 0. The fourth-order valence-corrected chi connectivity index (χ4v) is 6.64. The maximum Gasteiger partial charge on any atom is 0.220 e. The smallest absolute Gasteiger partial charge is 0.220 e. The molecule has 53 heavy (non-hydrogen) atoms. The van der Waals surface area contributed by atoms with Crippen LogP contribution in [0.5, 0.6) is 0 Å². The van der Waals surface area contributed by atoms with Crippen LogP contribution in [-0.4, -0.2) is 34.9 Å². The van der Waals surface area contributed by atoms with Gasteiger partial charge in [0.05, 0.1) is 18.8 Å². The van der Waals surface area contributed by atoms with Crippen LogP contribution < -0.4 is 5.32 Å². The molecule has 0 aliphatic heterocycles. The van der Waals surface area contributed by atoms with Crippen molar-refractivity contribution in [3.63, 3.8) is 0 Å². The van der Waals surface area contributed by atoms with Gasteiger partial charge in [0.25, 0.3) is 0 Å². The third-order valence-corrected chi connectivity index (χ3v) is 10.2. The molecule has 308 valence electrons. The highest BCUT2D eigenvalue weighted by molar-refractivity contribution is 5.76. The first-order valence-corrected chi connectivity index (χ1v) is 23.0. The molecule has 0 aromatic carbocycles. The molecule has 2 unspecified atom stereocenters. The van der Waals surface area contributed by atoms with E-state index in [1.807, 2.05) is 6.08 Å². The molecule has 2 atom stereocenters. The van der Waals surface area contributed by atoms with E-state index in [0.29, 0.717) is 6.42 Å². The highest BCUT2D eigenvalue weighted by Gasteiger charge is 2.17. The van der Waals surface area contributed by atoms with Gasteiger partial charge < -0.3 is 15.5 Å². The quantitative estimate of drug-likeness (QED) is 0.0432. The number of carbonyl (C=O) groups is 1. The number of rotatable bonds is 41. The Morgan fingerprint density at radius 3 is 1.26 bits per heavy atom. The average Bonchev–Trinajstić information content (AvgIpc) is 3.16. The Labute approximate surface area is 330 Å². The molecule has 0 saturated carbocycles. The Balaban J connectivity index is 3.62.